The summed E-state index contributed by atoms with van der Waals surface area (Å²) in [6.07, 6.45) is 3.63. The predicted molar refractivity (Wildman–Crippen MR) is 88.7 cm³/mol. The average molecular weight is 309 g/mol. The highest BCUT2D eigenvalue weighted by Crippen LogP contribution is 2.17. The van der Waals surface area contributed by atoms with Gasteiger partial charge in [0.2, 0.25) is 0 Å². The number of carbonyl (C=O) groups excluding carboxylic acids is 1. The van der Waals surface area contributed by atoms with E-state index in [1.807, 2.05) is 60.8 Å². The molecule has 0 unspecified atom stereocenters. The number of pyridine rings is 1. The molecule has 3 aromatic rings. The second-order valence-electron chi connectivity index (χ2n) is 5.27. The fraction of sp³-hybridized carbons (Fsp3) is 0.222. The third-order valence-electron chi connectivity index (χ3n) is 3.62. The molecule has 1 amide bonds. The van der Waals surface area contributed by atoms with E-state index in [0.29, 0.717) is 18.8 Å². The smallest absolute Gasteiger partial charge is 0.271 e. The minimum Gasteiger partial charge on any atom is -0.494 e. The number of nitrogens with one attached hydrogen (secondary N) is 1. The molecule has 0 radical (unpaired) electrons. The first kappa shape index (κ1) is 15.1. The third-order valence-corrected chi connectivity index (χ3v) is 3.62. The summed E-state index contributed by atoms with van der Waals surface area (Å²) in [5.41, 5.74) is 3.19. The summed E-state index contributed by atoms with van der Waals surface area (Å²) < 4.78 is 7.43. The highest BCUT2D eigenvalue weighted by molar-refractivity contribution is 5.93. The highest BCUT2D eigenvalue weighted by atomic mass is 16.5. The molecule has 0 aliphatic rings. The number of hydrogen-bond acceptors (Lipinski definition) is 3. The van der Waals surface area contributed by atoms with Gasteiger partial charge in [0.15, 0.2) is 0 Å². The van der Waals surface area contributed by atoms with Crippen LogP contribution in [-0.4, -0.2) is 21.9 Å². The largest absolute Gasteiger partial charge is 0.494 e. The zero-order chi connectivity index (χ0) is 16.2. The highest BCUT2D eigenvalue weighted by Gasteiger charge is 2.12. The van der Waals surface area contributed by atoms with Crippen molar-refractivity contribution in [3.63, 3.8) is 0 Å². The first-order chi connectivity index (χ1) is 11.2. The zero-order valence-electron chi connectivity index (χ0n) is 13.2. The molecule has 0 fully saturated rings. The number of rotatable bonds is 5. The van der Waals surface area contributed by atoms with Gasteiger partial charge in [0.05, 0.1) is 6.61 Å². The fourth-order valence-electron chi connectivity index (χ4n) is 2.48. The van der Waals surface area contributed by atoms with Gasteiger partial charge in [0.25, 0.3) is 5.91 Å². The number of hydrogen-bond donors (Lipinski definition) is 1. The number of fused-ring (bicyclic) bond motifs is 1. The number of imidazole rings is 1. The number of aromatic nitrogens is 2. The molecular formula is C18H19N3O2. The maximum atomic E-state index is 12.3. The molecule has 0 bridgehead atoms. The van der Waals surface area contributed by atoms with Gasteiger partial charge in [-0.25, -0.2) is 4.98 Å². The molecule has 0 saturated carbocycles. The molecule has 0 aliphatic carbocycles. The van der Waals surface area contributed by atoms with Crippen molar-refractivity contribution >= 4 is 11.6 Å². The number of carbonyl (C=O) groups is 1. The molecule has 2 heterocycles. The lowest BCUT2D eigenvalue weighted by molar-refractivity contribution is 0.0946. The van der Waals surface area contributed by atoms with E-state index in [1.165, 1.54) is 0 Å². The van der Waals surface area contributed by atoms with Crippen LogP contribution >= 0.6 is 0 Å². The topological polar surface area (TPSA) is 55.6 Å². The maximum Gasteiger partial charge on any atom is 0.271 e. The maximum absolute atomic E-state index is 12.3. The minimum atomic E-state index is -0.195. The molecule has 5 nitrogen and oxygen atoms in total. The number of amides is 1. The molecule has 0 spiro atoms. The van der Waals surface area contributed by atoms with Crippen LogP contribution in [0.25, 0.3) is 5.65 Å². The summed E-state index contributed by atoms with van der Waals surface area (Å²) in [7, 11) is 0. The second-order valence-corrected chi connectivity index (χ2v) is 5.27. The quantitative estimate of drug-likeness (QED) is 0.788. The zero-order valence-corrected chi connectivity index (χ0v) is 13.2. The molecule has 0 atom stereocenters. The van der Waals surface area contributed by atoms with E-state index in [9.17, 15) is 4.79 Å². The summed E-state index contributed by atoms with van der Waals surface area (Å²) in [6.45, 7) is 4.91. The molecule has 3 rings (SSSR count). The standard InChI is InChI=1S/C18H19N3O2/c1-3-23-16-9-5-4-8-14(16)11-19-18(22)15-12-21-10-6-7-13(2)17(21)20-15/h4-10,12H,3,11H2,1-2H3,(H,19,22). The lowest BCUT2D eigenvalue weighted by atomic mass is 10.2. The van der Waals surface area contributed by atoms with Crippen molar-refractivity contribution in [1.29, 1.82) is 0 Å². The molecule has 0 aliphatic heterocycles. The van der Waals surface area contributed by atoms with Crippen LogP contribution in [-0.2, 0) is 6.54 Å². The van der Waals surface area contributed by atoms with Crippen LogP contribution in [0.15, 0.2) is 48.8 Å². The molecule has 0 saturated heterocycles. The predicted octanol–water partition coefficient (Wildman–Crippen LogP) is 2.97. The molecule has 2 aromatic heterocycles. The van der Waals surface area contributed by atoms with Crippen LogP contribution in [0.2, 0.25) is 0 Å². The summed E-state index contributed by atoms with van der Waals surface area (Å²) in [4.78, 5) is 16.7. The van der Waals surface area contributed by atoms with Crippen molar-refractivity contribution in [3.05, 3.63) is 65.6 Å². The van der Waals surface area contributed by atoms with Crippen LogP contribution in [0, 0.1) is 6.92 Å². The van der Waals surface area contributed by atoms with Crippen LogP contribution in [0.3, 0.4) is 0 Å². The lowest BCUT2D eigenvalue weighted by Gasteiger charge is -2.10. The molecule has 118 valence electrons. The Labute approximate surface area is 134 Å². The normalized spacial score (nSPS) is 10.7. The summed E-state index contributed by atoms with van der Waals surface area (Å²) in [6, 6.07) is 11.6. The Morgan fingerprint density at radius 1 is 1.26 bits per heavy atom. The number of aryl methyl sites for hydroxylation is 1. The van der Waals surface area contributed by atoms with E-state index in [1.54, 1.807) is 6.20 Å². The van der Waals surface area contributed by atoms with Crippen LogP contribution in [0.4, 0.5) is 0 Å². The lowest BCUT2D eigenvalue weighted by Crippen LogP contribution is -2.23. The number of benzene rings is 1. The number of nitrogens with zero attached hydrogens (tertiary/aromatic N) is 2. The Morgan fingerprint density at radius 2 is 2.09 bits per heavy atom. The van der Waals surface area contributed by atoms with Gasteiger partial charge < -0.3 is 14.5 Å². The van der Waals surface area contributed by atoms with E-state index < -0.39 is 0 Å². The van der Waals surface area contributed by atoms with Crippen molar-refractivity contribution in [2.45, 2.75) is 20.4 Å². The van der Waals surface area contributed by atoms with E-state index >= 15 is 0 Å². The third kappa shape index (κ3) is 3.18. The first-order valence-electron chi connectivity index (χ1n) is 7.62. The van der Waals surface area contributed by atoms with E-state index in [0.717, 1.165) is 22.5 Å². The molecule has 1 N–H and O–H groups in total. The second kappa shape index (κ2) is 6.52. The van der Waals surface area contributed by atoms with Gasteiger partial charge in [0, 0.05) is 24.5 Å². The number of ether oxygens (including phenoxy) is 1. The van der Waals surface area contributed by atoms with Crippen molar-refractivity contribution in [3.8, 4) is 5.75 Å². The van der Waals surface area contributed by atoms with E-state index in [2.05, 4.69) is 10.3 Å². The Morgan fingerprint density at radius 3 is 2.87 bits per heavy atom. The Hall–Kier alpha value is -2.82. The van der Waals surface area contributed by atoms with Gasteiger partial charge in [-0.1, -0.05) is 24.3 Å². The van der Waals surface area contributed by atoms with Crippen LogP contribution in [0.5, 0.6) is 5.75 Å². The molecule has 5 heteroatoms. The summed E-state index contributed by atoms with van der Waals surface area (Å²) in [5, 5.41) is 2.90. The van der Waals surface area contributed by atoms with Crippen molar-refractivity contribution in [2.24, 2.45) is 0 Å². The number of para-hydroxylation sites is 1. The SMILES string of the molecule is CCOc1ccccc1CNC(=O)c1cn2cccc(C)c2n1. The van der Waals surface area contributed by atoms with Crippen LogP contribution in [0.1, 0.15) is 28.5 Å². The summed E-state index contributed by atoms with van der Waals surface area (Å²) >= 11 is 0. The van der Waals surface area contributed by atoms with Crippen molar-refractivity contribution < 1.29 is 9.53 Å². The average Bonchev–Trinajstić information content (AvgIpc) is 3.00. The Balaban J connectivity index is 1.75. The van der Waals surface area contributed by atoms with Gasteiger partial charge in [-0.15, -0.1) is 0 Å². The fourth-order valence-corrected chi connectivity index (χ4v) is 2.48. The van der Waals surface area contributed by atoms with Gasteiger partial charge in [-0.3, -0.25) is 4.79 Å². The monoisotopic (exact) mass is 309 g/mol. The van der Waals surface area contributed by atoms with Crippen LogP contribution < -0.4 is 10.1 Å². The summed E-state index contributed by atoms with van der Waals surface area (Å²) in [5.74, 6) is 0.598. The van der Waals surface area contributed by atoms with Gasteiger partial charge in [-0.05, 0) is 31.5 Å². The minimum absolute atomic E-state index is 0.195. The van der Waals surface area contributed by atoms with Gasteiger partial charge in [0.1, 0.15) is 17.1 Å². The van der Waals surface area contributed by atoms with Gasteiger partial charge >= 0.3 is 0 Å². The molecule has 1 aromatic carbocycles. The van der Waals surface area contributed by atoms with Crippen molar-refractivity contribution in [1.82, 2.24) is 14.7 Å². The van der Waals surface area contributed by atoms with E-state index in [-0.39, 0.29) is 5.91 Å². The molecular weight excluding hydrogens is 290 g/mol. The van der Waals surface area contributed by atoms with E-state index in [4.69, 9.17) is 4.74 Å². The van der Waals surface area contributed by atoms with Gasteiger partial charge in [-0.2, -0.15) is 0 Å². The Bertz CT molecular complexity index is 839. The first-order valence-corrected chi connectivity index (χ1v) is 7.62. The van der Waals surface area contributed by atoms with Crippen molar-refractivity contribution in [2.75, 3.05) is 6.61 Å². The molecule has 23 heavy (non-hydrogen) atoms. The Kier molecular flexibility index (Phi) is 4.28.